The van der Waals surface area contributed by atoms with Crippen molar-refractivity contribution in [2.24, 2.45) is 0 Å². The van der Waals surface area contributed by atoms with E-state index in [1.165, 1.54) is 6.08 Å². The molecule has 0 saturated carbocycles. The molecule has 4 nitrogen and oxygen atoms in total. The van der Waals surface area contributed by atoms with Gasteiger partial charge in [-0.25, -0.2) is 0 Å². The quantitative estimate of drug-likeness (QED) is 0.869. The Morgan fingerprint density at radius 2 is 1.95 bits per heavy atom. The second kappa shape index (κ2) is 6.64. The maximum atomic E-state index is 11.9. The van der Waals surface area contributed by atoms with Crippen LogP contribution in [0.2, 0.25) is 0 Å². The highest BCUT2D eigenvalue weighted by atomic mass is 19.4. The Kier molecular flexibility index (Phi) is 4.85. The van der Waals surface area contributed by atoms with Gasteiger partial charge in [-0.2, -0.15) is 13.2 Å². The molecule has 1 saturated heterocycles. The van der Waals surface area contributed by atoms with Crippen molar-refractivity contribution in [3.05, 3.63) is 35.9 Å². The van der Waals surface area contributed by atoms with E-state index in [9.17, 15) is 22.8 Å². The minimum Gasteiger partial charge on any atom is -0.343 e. The highest BCUT2D eigenvalue weighted by molar-refractivity contribution is 5.95. The van der Waals surface area contributed by atoms with Gasteiger partial charge >= 0.3 is 6.18 Å². The number of hydrogen-bond acceptors (Lipinski definition) is 2. The summed E-state index contributed by atoms with van der Waals surface area (Å²) in [5, 5.41) is 1.75. The van der Waals surface area contributed by atoms with E-state index in [-0.39, 0.29) is 5.91 Å². The number of hydrogen-bond donors (Lipinski definition) is 1. The standard InChI is InChI=1S/C15H15F3N2O2/c16-15(17,18)10-19-13(21)8-5-11-3-6-12(7-4-11)20-9-1-2-14(20)22/h3-8H,1-2,9-10H2,(H,19,21)/b8-5+. The maximum Gasteiger partial charge on any atom is 0.405 e. The van der Waals surface area contributed by atoms with Crippen molar-refractivity contribution in [2.45, 2.75) is 19.0 Å². The van der Waals surface area contributed by atoms with E-state index >= 15 is 0 Å². The summed E-state index contributed by atoms with van der Waals surface area (Å²) in [6, 6.07) is 6.90. The normalized spacial score (nSPS) is 15.6. The van der Waals surface area contributed by atoms with Crippen molar-refractivity contribution in [3.63, 3.8) is 0 Å². The first kappa shape index (κ1) is 16.1. The number of halogens is 3. The number of carbonyl (C=O) groups excluding carboxylic acids is 2. The first-order chi connectivity index (χ1) is 10.3. The van der Waals surface area contributed by atoms with Crippen LogP contribution in [-0.2, 0) is 9.59 Å². The molecule has 1 heterocycles. The summed E-state index contributed by atoms with van der Waals surface area (Å²) in [7, 11) is 0. The minimum atomic E-state index is -4.42. The number of amides is 2. The highest BCUT2D eigenvalue weighted by Gasteiger charge is 2.27. The van der Waals surface area contributed by atoms with Gasteiger partial charge in [-0.1, -0.05) is 12.1 Å². The lowest BCUT2D eigenvalue weighted by atomic mass is 10.2. The first-order valence-electron chi connectivity index (χ1n) is 6.78. The molecule has 1 aromatic carbocycles. The van der Waals surface area contributed by atoms with Gasteiger partial charge in [0.1, 0.15) is 6.54 Å². The van der Waals surface area contributed by atoms with E-state index in [2.05, 4.69) is 0 Å². The molecule has 0 bridgehead atoms. The first-order valence-corrected chi connectivity index (χ1v) is 6.78. The molecule has 0 atom stereocenters. The molecule has 22 heavy (non-hydrogen) atoms. The van der Waals surface area contributed by atoms with Gasteiger partial charge in [0.25, 0.3) is 0 Å². The van der Waals surface area contributed by atoms with Gasteiger partial charge in [-0.3, -0.25) is 9.59 Å². The van der Waals surface area contributed by atoms with Gasteiger partial charge in [0.15, 0.2) is 0 Å². The number of alkyl halides is 3. The smallest absolute Gasteiger partial charge is 0.343 e. The predicted octanol–water partition coefficient (Wildman–Crippen LogP) is 2.51. The summed E-state index contributed by atoms with van der Waals surface area (Å²) in [4.78, 5) is 24.5. The molecule has 7 heteroatoms. The molecule has 1 aliphatic heterocycles. The van der Waals surface area contributed by atoms with Gasteiger partial charge in [0.2, 0.25) is 11.8 Å². The molecular weight excluding hydrogens is 297 g/mol. The minimum absolute atomic E-state index is 0.0785. The maximum absolute atomic E-state index is 11.9. The van der Waals surface area contributed by atoms with Crippen LogP contribution in [0.5, 0.6) is 0 Å². The monoisotopic (exact) mass is 312 g/mol. The van der Waals surface area contributed by atoms with E-state index in [4.69, 9.17) is 0 Å². The summed E-state index contributed by atoms with van der Waals surface area (Å²) in [5.74, 6) is -0.731. The second-order valence-corrected chi connectivity index (χ2v) is 4.91. The molecule has 1 aromatic rings. The fourth-order valence-electron chi connectivity index (χ4n) is 2.10. The summed E-state index contributed by atoms with van der Waals surface area (Å²) in [6.07, 6.45) is -0.586. The van der Waals surface area contributed by atoms with Gasteiger partial charge in [-0.05, 0) is 30.2 Å². The van der Waals surface area contributed by atoms with Crippen molar-refractivity contribution < 1.29 is 22.8 Å². The van der Waals surface area contributed by atoms with Gasteiger partial charge in [0.05, 0.1) is 0 Å². The van der Waals surface area contributed by atoms with Gasteiger partial charge in [0, 0.05) is 24.7 Å². The zero-order valence-corrected chi connectivity index (χ0v) is 11.7. The lowest BCUT2D eigenvalue weighted by molar-refractivity contribution is -0.135. The van der Waals surface area contributed by atoms with Crippen LogP contribution >= 0.6 is 0 Å². The van der Waals surface area contributed by atoms with Crippen molar-refractivity contribution in [1.82, 2.24) is 5.32 Å². The number of nitrogens with zero attached hydrogens (tertiary/aromatic N) is 1. The number of anilines is 1. The molecule has 0 aliphatic carbocycles. The van der Waals surface area contributed by atoms with Crippen LogP contribution in [0.15, 0.2) is 30.3 Å². The Bertz CT molecular complexity index is 579. The van der Waals surface area contributed by atoms with Crippen molar-refractivity contribution in [3.8, 4) is 0 Å². The highest BCUT2D eigenvalue weighted by Crippen LogP contribution is 2.21. The van der Waals surface area contributed by atoms with E-state index in [0.29, 0.717) is 18.5 Å². The summed E-state index contributed by atoms with van der Waals surface area (Å²) < 4.78 is 35.8. The molecule has 2 amide bonds. The molecule has 118 valence electrons. The molecule has 0 unspecified atom stereocenters. The molecule has 2 rings (SSSR count). The second-order valence-electron chi connectivity index (χ2n) is 4.91. The van der Waals surface area contributed by atoms with Crippen molar-refractivity contribution in [2.75, 3.05) is 18.0 Å². The molecule has 1 N–H and O–H groups in total. The number of nitrogens with one attached hydrogen (secondary N) is 1. The van der Waals surface area contributed by atoms with E-state index in [0.717, 1.165) is 18.2 Å². The lowest BCUT2D eigenvalue weighted by Crippen LogP contribution is -2.32. The van der Waals surface area contributed by atoms with Crippen LogP contribution < -0.4 is 10.2 Å². The Balaban J connectivity index is 1.92. The zero-order valence-electron chi connectivity index (χ0n) is 11.7. The summed E-state index contributed by atoms with van der Waals surface area (Å²) in [5.41, 5.74) is 1.44. The molecule has 0 aromatic heterocycles. The largest absolute Gasteiger partial charge is 0.405 e. The molecule has 0 spiro atoms. The number of carbonyl (C=O) groups is 2. The van der Waals surface area contributed by atoms with Gasteiger partial charge < -0.3 is 10.2 Å². The molecular formula is C15H15F3N2O2. The summed E-state index contributed by atoms with van der Waals surface area (Å²) >= 11 is 0. The number of rotatable bonds is 4. The third-order valence-electron chi connectivity index (χ3n) is 3.17. The molecule has 1 fully saturated rings. The Labute approximate surface area is 125 Å². The SMILES string of the molecule is O=C(/C=C/c1ccc(N2CCCC2=O)cc1)NCC(F)(F)F. The average Bonchev–Trinajstić information content (AvgIpc) is 2.89. The fourth-order valence-corrected chi connectivity index (χ4v) is 2.10. The third-order valence-corrected chi connectivity index (χ3v) is 3.17. The van der Waals surface area contributed by atoms with Gasteiger partial charge in [-0.15, -0.1) is 0 Å². The van der Waals surface area contributed by atoms with Crippen LogP contribution in [0.3, 0.4) is 0 Å². The van der Waals surface area contributed by atoms with Crippen LogP contribution in [-0.4, -0.2) is 31.1 Å². The Morgan fingerprint density at radius 3 is 2.50 bits per heavy atom. The number of benzene rings is 1. The average molecular weight is 312 g/mol. The Morgan fingerprint density at radius 1 is 1.27 bits per heavy atom. The van der Waals surface area contributed by atoms with Crippen molar-refractivity contribution >= 4 is 23.6 Å². The van der Waals surface area contributed by atoms with Crippen LogP contribution in [0.25, 0.3) is 6.08 Å². The fraction of sp³-hybridized carbons (Fsp3) is 0.333. The van der Waals surface area contributed by atoms with Crippen LogP contribution in [0.1, 0.15) is 18.4 Å². The van der Waals surface area contributed by atoms with E-state index < -0.39 is 18.6 Å². The Hall–Kier alpha value is -2.31. The topological polar surface area (TPSA) is 49.4 Å². The molecule has 1 aliphatic rings. The third kappa shape index (κ3) is 4.61. The molecule has 0 radical (unpaired) electrons. The predicted molar refractivity (Wildman–Crippen MR) is 76.1 cm³/mol. The van der Waals surface area contributed by atoms with Crippen LogP contribution in [0.4, 0.5) is 18.9 Å². The van der Waals surface area contributed by atoms with E-state index in [1.807, 2.05) is 0 Å². The summed E-state index contributed by atoms with van der Waals surface area (Å²) in [6.45, 7) is -0.667. The van der Waals surface area contributed by atoms with Crippen LogP contribution in [0, 0.1) is 0 Å². The zero-order chi connectivity index (χ0) is 16.2. The lowest BCUT2D eigenvalue weighted by Gasteiger charge is -2.15. The van der Waals surface area contributed by atoms with E-state index in [1.54, 1.807) is 34.5 Å². The van der Waals surface area contributed by atoms with Crippen molar-refractivity contribution in [1.29, 1.82) is 0 Å².